The van der Waals surface area contributed by atoms with Gasteiger partial charge in [0, 0.05) is 35.3 Å². The molecule has 4 N–H and O–H groups in total. The van der Waals surface area contributed by atoms with E-state index in [0.29, 0.717) is 71.0 Å². The van der Waals surface area contributed by atoms with E-state index in [1.807, 2.05) is 133 Å². The first kappa shape index (κ1) is 47.9. The molecule has 69 heavy (non-hydrogen) atoms. The SMILES string of the molecule is O=C(O)[C@H](CCC[C@H](N=C(c1ccccc1)c1ccccc1NC(=O)[C@@H]1CCCN1Cc1ccccc1)C(=O)O)N=C(c1ccccc1)c1ccccc1NC(=O)[C@@H]1CCCN1Cc1ccccc1. The summed E-state index contributed by atoms with van der Waals surface area (Å²) in [4.78, 5) is 68.2. The van der Waals surface area contributed by atoms with Crippen molar-refractivity contribution >= 4 is 46.6 Å². The van der Waals surface area contributed by atoms with Crippen LogP contribution in [-0.2, 0) is 32.3 Å². The van der Waals surface area contributed by atoms with Crippen LogP contribution in [0.25, 0.3) is 0 Å². The molecule has 0 aliphatic carbocycles. The number of carboxylic acids is 2. The third-order valence-electron chi connectivity index (χ3n) is 12.9. The average molecular weight is 923 g/mol. The molecule has 2 saturated heterocycles. The Bertz CT molecular complexity index is 2560. The minimum absolute atomic E-state index is 0.0181. The van der Waals surface area contributed by atoms with Crippen molar-refractivity contribution in [2.75, 3.05) is 23.7 Å². The summed E-state index contributed by atoms with van der Waals surface area (Å²) in [6.45, 7) is 2.90. The molecule has 4 atom stereocenters. The Morgan fingerprint density at radius 1 is 0.493 bits per heavy atom. The number of anilines is 2. The third-order valence-corrected chi connectivity index (χ3v) is 12.9. The van der Waals surface area contributed by atoms with Gasteiger partial charge in [-0.1, -0.05) is 158 Å². The fraction of sp³-hybridized carbons (Fsp3) is 0.263. The van der Waals surface area contributed by atoms with Gasteiger partial charge >= 0.3 is 11.9 Å². The standard InChI is InChI=1S/C57H58N6O6/c64-54(50-34-18-36-62(50)38-40-20-5-1-6-21-40)60-46-30-15-13-28-44(46)52(42-24-9-3-10-25-42)58-48(56(66)67)32-17-33-49(57(68)69)59-53(43-26-11-4-12-27-43)45-29-14-16-31-47(45)61-55(65)51-35-19-37-63(51)39-41-22-7-2-8-23-41/h1-16,20-31,48-51H,17-19,32-39H2,(H,60,64)(H,61,65)(H,66,67)(H,68,69)/t48-,49-,50-,51-/m0/s1. The van der Waals surface area contributed by atoms with Crippen molar-refractivity contribution in [2.45, 2.75) is 82.2 Å². The number of carbonyl (C=O) groups excluding carboxylic acids is 2. The topological polar surface area (TPSA) is 164 Å². The normalized spacial score (nSPS) is 17.5. The van der Waals surface area contributed by atoms with Crippen molar-refractivity contribution in [1.82, 2.24) is 9.80 Å². The summed E-state index contributed by atoms with van der Waals surface area (Å²) in [5, 5.41) is 27.6. The quantitative estimate of drug-likeness (QED) is 0.0551. The lowest BCUT2D eigenvalue weighted by atomic mass is 9.98. The monoisotopic (exact) mass is 922 g/mol. The molecule has 0 aromatic heterocycles. The lowest BCUT2D eigenvalue weighted by molar-refractivity contribution is -0.138. The molecule has 0 bridgehead atoms. The molecule has 2 amide bonds. The van der Waals surface area contributed by atoms with Crippen molar-refractivity contribution in [3.63, 3.8) is 0 Å². The minimum Gasteiger partial charge on any atom is -0.480 e. The summed E-state index contributed by atoms with van der Waals surface area (Å²) in [5.74, 6) is -2.61. The first-order valence-electron chi connectivity index (χ1n) is 23.8. The first-order chi connectivity index (χ1) is 33.7. The predicted octanol–water partition coefficient (Wildman–Crippen LogP) is 9.34. The molecule has 12 heteroatoms. The smallest absolute Gasteiger partial charge is 0.328 e. The number of rotatable bonds is 20. The maximum absolute atomic E-state index is 14.0. The van der Waals surface area contributed by atoms with Crippen LogP contribution >= 0.6 is 0 Å². The van der Waals surface area contributed by atoms with Crippen LogP contribution in [0.15, 0.2) is 180 Å². The Kier molecular flexibility index (Phi) is 16.3. The molecule has 0 radical (unpaired) electrons. The van der Waals surface area contributed by atoms with Gasteiger partial charge in [-0.25, -0.2) is 9.59 Å². The molecule has 0 saturated carbocycles. The molecule has 2 aliphatic heterocycles. The summed E-state index contributed by atoms with van der Waals surface area (Å²) in [6.07, 6.45) is 3.42. The summed E-state index contributed by atoms with van der Waals surface area (Å²) < 4.78 is 0. The van der Waals surface area contributed by atoms with Gasteiger partial charge < -0.3 is 20.8 Å². The summed E-state index contributed by atoms with van der Waals surface area (Å²) in [6, 6.07) is 50.1. The van der Waals surface area contributed by atoms with Crippen LogP contribution in [0.5, 0.6) is 0 Å². The second-order valence-corrected chi connectivity index (χ2v) is 17.6. The zero-order valence-corrected chi connectivity index (χ0v) is 38.6. The zero-order chi connectivity index (χ0) is 48.0. The van der Waals surface area contributed by atoms with E-state index in [9.17, 15) is 29.4 Å². The average Bonchev–Trinajstić information content (AvgIpc) is 4.05. The molecule has 12 nitrogen and oxygen atoms in total. The second-order valence-electron chi connectivity index (χ2n) is 17.6. The number of likely N-dealkylation sites (tertiary alicyclic amines) is 2. The number of carboxylic acid groups (broad SMARTS) is 2. The van der Waals surface area contributed by atoms with Gasteiger partial charge in [-0.2, -0.15) is 0 Å². The van der Waals surface area contributed by atoms with Crippen LogP contribution < -0.4 is 10.6 Å². The van der Waals surface area contributed by atoms with Crippen molar-refractivity contribution in [2.24, 2.45) is 9.98 Å². The Balaban J connectivity index is 1.02. The highest BCUT2D eigenvalue weighted by molar-refractivity contribution is 6.18. The zero-order valence-electron chi connectivity index (χ0n) is 38.6. The first-order valence-corrected chi connectivity index (χ1v) is 23.8. The molecule has 8 rings (SSSR count). The van der Waals surface area contributed by atoms with Gasteiger partial charge in [-0.05, 0) is 81.3 Å². The van der Waals surface area contributed by atoms with E-state index < -0.39 is 24.0 Å². The number of hydrogen-bond acceptors (Lipinski definition) is 8. The van der Waals surface area contributed by atoms with Crippen LogP contribution in [-0.4, -0.2) is 92.4 Å². The van der Waals surface area contributed by atoms with Crippen LogP contribution in [0, 0.1) is 0 Å². The number of amides is 2. The number of benzene rings is 6. The number of carbonyl (C=O) groups is 4. The number of nitrogens with one attached hydrogen (secondary N) is 2. The highest BCUT2D eigenvalue weighted by Gasteiger charge is 2.33. The van der Waals surface area contributed by atoms with Gasteiger partial charge in [0.05, 0.1) is 34.9 Å². The fourth-order valence-electron chi connectivity index (χ4n) is 9.38. The minimum atomic E-state index is -1.25. The van der Waals surface area contributed by atoms with Crippen LogP contribution in [0.3, 0.4) is 0 Å². The Labute approximate surface area is 403 Å². The molecule has 0 spiro atoms. The molecule has 2 heterocycles. The van der Waals surface area contributed by atoms with E-state index in [0.717, 1.165) is 37.1 Å². The van der Waals surface area contributed by atoms with Gasteiger partial charge in [-0.15, -0.1) is 0 Å². The van der Waals surface area contributed by atoms with Gasteiger partial charge in [0.1, 0.15) is 12.1 Å². The van der Waals surface area contributed by atoms with E-state index in [2.05, 4.69) is 44.7 Å². The fourth-order valence-corrected chi connectivity index (χ4v) is 9.38. The maximum Gasteiger partial charge on any atom is 0.328 e. The summed E-state index contributed by atoms with van der Waals surface area (Å²) >= 11 is 0. The highest BCUT2D eigenvalue weighted by atomic mass is 16.4. The molecule has 2 fully saturated rings. The van der Waals surface area contributed by atoms with Crippen LogP contribution in [0.4, 0.5) is 11.4 Å². The van der Waals surface area contributed by atoms with Crippen LogP contribution in [0.1, 0.15) is 78.3 Å². The van der Waals surface area contributed by atoms with Crippen molar-refractivity contribution in [3.05, 3.63) is 203 Å². The third kappa shape index (κ3) is 12.5. The lowest BCUT2D eigenvalue weighted by Gasteiger charge is -2.24. The maximum atomic E-state index is 14.0. The predicted molar refractivity (Wildman–Crippen MR) is 271 cm³/mol. The van der Waals surface area contributed by atoms with Crippen molar-refractivity contribution in [3.8, 4) is 0 Å². The van der Waals surface area contributed by atoms with E-state index in [-0.39, 0.29) is 43.2 Å². The molecule has 352 valence electrons. The number of aliphatic imine (C=N–C) groups is 2. The Hall–Kier alpha value is -7.54. The van der Waals surface area contributed by atoms with E-state index in [1.54, 1.807) is 12.1 Å². The van der Waals surface area contributed by atoms with Gasteiger partial charge in [0.25, 0.3) is 0 Å². The molecule has 6 aromatic carbocycles. The largest absolute Gasteiger partial charge is 0.480 e. The number of nitrogens with zero attached hydrogens (tertiary/aromatic N) is 4. The summed E-state index contributed by atoms with van der Waals surface area (Å²) in [7, 11) is 0. The molecular weight excluding hydrogens is 865 g/mol. The van der Waals surface area contributed by atoms with E-state index >= 15 is 0 Å². The number of hydrogen-bond donors (Lipinski definition) is 4. The van der Waals surface area contributed by atoms with Crippen molar-refractivity contribution < 1.29 is 29.4 Å². The van der Waals surface area contributed by atoms with Gasteiger partial charge in [-0.3, -0.25) is 29.4 Å². The van der Waals surface area contributed by atoms with Crippen molar-refractivity contribution in [1.29, 1.82) is 0 Å². The van der Waals surface area contributed by atoms with Gasteiger partial charge in [0.2, 0.25) is 11.8 Å². The summed E-state index contributed by atoms with van der Waals surface area (Å²) in [5.41, 5.74) is 6.54. The lowest BCUT2D eigenvalue weighted by Crippen LogP contribution is -2.39. The van der Waals surface area contributed by atoms with E-state index in [4.69, 9.17) is 9.98 Å². The number of para-hydroxylation sites is 2. The highest BCUT2D eigenvalue weighted by Crippen LogP contribution is 2.28. The number of aliphatic carboxylic acids is 2. The Morgan fingerprint density at radius 3 is 1.22 bits per heavy atom. The van der Waals surface area contributed by atoms with Gasteiger partial charge in [0.15, 0.2) is 0 Å². The molecule has 6 aromatic rings. The van der Waals surface area contributed by atoms with Crippen LogP contribution in [0.2, 0.25) is 0 Å². The second kappa shape index (κ2) is 23.5. The molecule has 2 aliphatic rings. The van der Waals surface area contributed by atoms with E-state index in [1.165, 1.54) is 0 Å². The molecule has 0 unspecified atom stereocenters. The Morgan fingerprint density at radius 2 is 0.841 bits per heavy atom. The molecular formula is C57H58N6O6.